The van der Waals surface area contributed by atoms with Crippen molar-refractivity contribution in [3.63, 3.8) is 0 Å². The molecule has 1 aromatic carbocycles. The lowest BCUT2D eigenvalue weighted by Gasteiger charge is -2.21. The van der Waals surface area contributed by atoms with Crippen LogP contribution in [0.25, 0.3) is 0 Å². The zero-order valence-corrected chi connectivity index (χ0v) is 12.2. The maximum atomic E-state index is 13.2. The predicted octanol–water partition coefficient (Wildman–Crippen LogP) is 2.93. The molecule has 0 aromatic heterocycles. The molecule has 1 saturated heterocycles. The zero-order chi connectivity index (χ0) is 15.2. The van der Waals surface area contributed by atoms with Crippen molar-refractivity contribution < 1.29 is 19.1 Å². The van der Waals surface area contributed by atoms with Gasteiger partial charge in [0, 0.05) is 17.5 Å². The van der Waals surface area contributed by atoms with Gasteiger partial charge in [0.2, 0.25) is 0 Å². The molecule has 1 aliphatic heterocycles. The number of aromatic carboxylic acids is 1. The highest BCUT2D eigenvalue weighted by molar-refractivity contribution is 7.99. The first kappa shape index (κ1) is 15.6. The van der Waals surface area contributed by atoms with Crippen molar-refractivity contribution in [1.29, 1.82) is 0 Å². The number of carbonyl (C=O) groups is 2. The Kier molecular flexibility index (Phi) is 5.44. The monoisotopic (exact) mass is 312 g/mol. The summed E-state index contributed by atoms with van der Waals surface area (Å²) in [5, 5.41) is 14.5. The van der Waals surface area contributed by atoms with Gasteiger partial charge in [-0.15, -0.1) is 0 Å². The molecule has 1 unspecified atom stereocenters. The lowest BCUT2D eigenvalue weighted by Crippen LogP contribution is -2.35. The normalized spacial score (nSPS) is 18.0. The number of halogens is 1. The molecule has 5 nitrogen and oxygen atoms in total. The minimum atomic E-state index is -1.37. The number of carboxylic acid groups (broad SMARTS) is 1. The van der Waals surface area contributed by atoms with E-state index >= 15 is 0 Å². The van der Waals surface area contributed by atoms with Gasteiger partial charge >= 0.3 is 12.0 Å². The molecule has 1 aromatic rings. The average molecular weight is 312 g/mol. The van der Waals surface area contributed by atoms with E-state index in [4.69, 9.17) is 5.11 Å². The van der Waals surface area contributed by atoms with Crippen LogP contribution in [-0.4, -0.2) is 34.7 Å². The number of amides is 2. The van der Waals surface area contributed by atoms with Crippen LogP contribution in [0, 0.1) is 5.82 Å². The number of carboxylic acids is 1. The van der Waals surface area contributed by atoms with Gasteiger partial charge < -0.3 is 15.7 Å². The lowest BCUT2D eigenvalue weighted by atomic mass is 10.2. The Balaban J connectivity index is 1.87. The first-order chi connectivity index (χ1) is 10.1. The van der Waals surface area contributed by atoms with Gasteiger partial charge in [0.25, 0.3) is 0 Å². The van der Waals surface area contributed by atoms with Crippen LogP contribution in [0.4, 0.5) is 14.9 Å². The average Bonchev–Trinajstić information content (AvgIpc) is 2.48. The first-order valence-corrected chi connectivity index (χ1v) is 7.80. The number of urea groups is 1. The highest BCUT2D eigenvalue weighted by atomic mass is 32.2. The number of anilines is 1. The predicted molar refractivity (Wildman–Crippen MR) is 80.5 cm³/mol. The Morgan fingerprint density at radius 1 is 1.38 bits per heavy atom. The van der Waals surface area contributed by atoms with Crippen LogP contribution in [0.2, 0.25) is 0 Å². The van der Waals surface area contributed by atoms with Gasteiger partial charge in [0.1, 0.15) is 5.82 Å². The molecule has 0 spiro atoms. The Morgan fingerprint density at radius 2 is 2.19 bits per heavy atom. The number of nitrogens with one attached hydrogen (secondary N) is 2. The molecule has 0 radical (unpaired) electrons. The summed E-state index contributed by atoms with van der Waals surface area (Å²) in [6.45, 7) is 0.573. The van der Waals surface area contributed by atoms with Crippen molar-refractivity contribution in [2.45, 2.75) is 24.5 Å². The fourth-order valence-electron chi connectivity index (χ4n) is 2.12. The van der Waals surface area contributed by atoms with Crippen LogP contribution in [0.1, 0.15) is 29.6 Å². The van der Waals surface area contributed by atoms with Crippen molar-refractivity contribution in [1.82, 2.24) is 5.32 Å². The van der Waals surface area contributed by atoms with E-state index in [2.05, 4.69) is 10.6 Å². The third-order valence-electron chi connectivity index (χ3n) is 3.22. The van der Waals surface area contributed by atoms with Gasteiger partial charge in [-0.25, -0.2) is 14.0 Å². The van der Waals surface area contributed by atoms with E-state index in [1.165, 1.54) is 18.9 Å². The minimum absolute atomic E-state index is 0.252. The molecule has 21 heavy (non-hydrogen) atoms. The van der Waals surface area contributed by atoms with Crippen molar-refractivity contribution in [3.05, 3.63) is 29.6 Å². The first-order valence-electron chi connectivity index (χ1n) is 6.75. The van der Waals surface area contributed by atoms with Gasteiger partial charge in [0.15, 0.2) is 0 Å². The SMILES string of the molecule is O=C(NCC1CCCCS1)Nc1ccc(F)c(C(=O)O)c1. The van der Waals surface area contributed by atoms with Crippen molar-refractivity contribution in [2.24, 2.45) is 0 Å². The molecule has 2 rings (SSSR count). The highest BCUT2D eigenvalue weighted by Crippen LogP contribution is 2.24. The van der Waals surface area contributed by atoms with E-state index in [1.54, 1.807) is 0 Å². The van der Waals surface area contributed by atoms with Gasteiger partial charge in [-0.2, -0.15) is 11.8 Å². The van der Waals surface area contributed by atoms with Crippen molar-refractivity contribution in [2.75, 3.05) is 17.6 Å². The van der Waals surface area contributed by atoms with Crippen molar-refractivity contribution >= 4 is 29.4 Å². The van der Waals surface area contributed by atoms with Crippen LogP contribution in [-0.2, 0) is 0 Å². The summed E-state index contributed by atoms with van der Waals surface area (Å²) in [5.41, 5.74) is -0.210. The third kappa shape index (κ3) is 4.63. The summed E-state index contributed by atoms with van der Waals surface area (Å²) in [6, 6.07) is 3.04. The summed E-state index contributed by atoms with van der Waals surface area (Å²) in [6.07, 6.45) is 3.49. The molecule has 2 amide bonds. The Morgan fingerprint density at radius 3 is 2.86 bits per heavy atom. The minimum Gasteiger partial charge on any atom is -0.478 e. The lowest BCUT2D eigenvalue weighted by molar-refractivity contribution is 0.0692. The largest absolute Gasteiger partial charge is 0.478 e. The van der Waals surface area contributed by atoms with Crippen LogP contribution >= 0.6 is 11.8 Å². The number of benzene rings is 1. The molecule has 1 atom stereocenters. The Bertz CT molecular complexity index is 533. The molecule has 114 valence electrons. The van der Waals surface area contributed by atoms with E-state index in [0.29, 0.717) is 11.8 Å². The molecule has 0 bridgehead atoms. The van der Waals surface area contributed by atoms with E-state index in [9.17, 15) is 14.0 Å². The van der Waals surface area contributed by atoms with Gasteiger partial charge in [0.05, 0.1) is 5.56 Å². The zero-order valence-electron chi connectivity index (χ0n) is 11.4. The van der Waals surface area contributed by atoms with Gasteiger partial charge in [-0.3, -0.25) is 0 Å². The maximum Gasteiger partial charge on any atom is 0.338 e. The summed E-state index contributed by atoms with van der Waals surface area (Å²) < 4.78 is 13.2. The van der Waals surface area contributed by atoms with Gasteiger partial charge in [-0.05, 0) is 36.8 Å². The number of hydrogen-bond acceptors (Lipinski definition) is 3. The summed E-state index contributed by atoms with van der Waals surface area (Å²) in [4.78, 5) is 22.6. The number of hydrogen-bond donors (Lipinski definition) is 3. The second-order valence-electron chi connectivity index (χ2n) is 4.82. The van der Waals surface area contributed by atoms with Crippen LogP contribution < -0.4 is 10.6 Å². The Labute approximate surface area is 126 Å². The van der Waals surface area contributed by atoms with Gasteiger partial charge in [-0.1, -0.05) is 6.42 Å². The summed E-state index contributed by atoms with van der Waals surface area (Å²) in [7, 11) is 0. The van der Waals surface area contributed by atoms with Crippen molar-refractivity contribution in [3.8, 4) is 0 Å². The molecule has 7 heteroatoms. The standard InChI is InChI=1S/C14H17FN2O3S/c15-12-5-4-9(7-11(12)13(18)19)17-14(20)16-8-10-3-1-2-6-21-10/h4-5,7,10H,1-3,6,8H2,(H,18,19)(H2,16,17,20). The third-order valence-corrected chi connectivity index (χ3v) is 4.62. The van der Waals surface area contributed by atoms with E-state index in [-0.39, 0.29) is 5.69 Å². The Hall–Kier alpha value is -1.76. The fraction of sp³-hybridized carbons (Fsp3) is 0.429. The molecular weight excluding hydrogens is 295 g/mol. The van der Waals surface area contributed by atoms with E-state index in [1.807, 2.05) is 11.8 Å². The topological polar surface area (TPSA) is 78.4 Å². The summed E-state index contributed by atoms with van der Waals surface area (Å²) in [5.74, 6) is -1.07. The maximum absolute atomic E-state index is 13.2. The molecular formula is C14H17FN2O3S. The second-order valence-corrected chi connectivity index (χ2v) is 6.23. The molecule has 1 aliphatic rings. The molecule has 3 N–H and O–H groups in total. The number of rotatable bonds is 4. The number of carbonyl (C=O) groups excluding carboxylic acids is 1. The molecule has 1 fully saturated rings. The summed E-state index contributed by atoms with van der Waals surface area (Å²) >= 11 is 1.85. The highest BCUT2D eigenvalue weighted by Gasteiger charge is 2.15. The smallest absolute Gasteiger partial charge is 0.338 e. The second kappa shape index (κ2) is 7.31. The van der Waals surface area contributed by atoms with Crippen LogP contribution in [0.3, 0.4) is 0 Å². The van der Waals surface area contributed by atoms with Crippen LogP contribution in [0.15, 0.2) is 18.2 Å². The number of thioether (sulfide) groups is 1. The fourth-order valence-corrected chi connectivity index (χ4v) is 3.36. The quantitative estimate of drug-likeness (QED) is 0.799. The van der Waals surface area contributed by atoms with E-state index < -0.39 is 23.4 Å². The van der Waals surface area contributed by atoms with Crippen LogP contribution in [0.5, 0.6) is 0 Å². The van der Waals surface area contributed by atoms with E-state index in [0.717, 1.165) is 24.3 Å². The molecule has 0 aliphatic carbocycles. The molecule has 1 heterocycles. The molecule has 0 saturated carbocycles.